The molecule has 0 heterocycles. The van der Waals surface area contributed by atoms with Gasteiger partial charge in [-0.15, -0.1) is 0 Å². The lowest BCUT2D eigenvalue weighted by Gasteiger charge is -2.15. The van der Waals surface area contributed by atoms with Crippen LogP contribution in [0, 0.1) is 0 Å². The number of nitrogens with one attached hydrogen (secondary N) is 1. The van der Waals surface area contributed by atoms with Crippen LogP contribution in [0.3, 0.4) is 0 Å². The molecule has 0 atom stereocenters. The van der Waals surface area contributed by atoms with Crippen LogP contribution in [0.25, 0.3) is 0 Å². The molecule has 0 fully saturated rings. The third-order valence-electron chi connectivity index (χ3n) is 2.84. The van der Waals surface area contributed by atoms with E-state index in [2.05, 4.69) is 5.32 Å². The van der Waals surface area contributed by atoms with Crippen molar-refractivity contribution in [1.29, 1.82) is 0 Å². The van der Waals surface area contributed by atoms with Gasteiger partial charge < -0.3 is 11.1 Å². The highest BCUT2D eigenvalue weighted by atomic mass is 35.5. The van der Waals surface area contributed by atoms with E-state index in [1.807, 2.05) is 0 Å². The molecule has 0 bridgehead atoms. The van der Waals surface area contributed by atoms with Gasteiger partial charge >= 0.3 is 6.18 Å². The quantitative estimate of drug-likeness (QED) is 0.816. The van der Waals surface area contributed by atoms with Crippen LogP contribution in [0.1, 0.15) is 11.1 Å². The minimum atomic E-state index is -4.38. The van der Waals surface area contributed by atoms with Crippen molar-refractivity contribution < 1.29 is 13.2 Å². The Bertz CT molecular complexity index is 612. The largest absolute Gasteiger partial charge is 0.416 e. The van der Waals surface area contributed by atoms with Crippen molar-refractivity contribution in [3.8, 4) is 0 Å². The van der Waals surface area contributed by atoms with Gasteiger partial charge in [0.05, 0.1) is 22.0 Å². The van der Waals surface area contributed by atoms with Gasteiger partial charge in [0.15, 0.2) is 0 Å². The lowest BCUT2D eigenvalue weighted by atomic mass is 10.1. The Kier molecular flexibility index (Phi) is 4.09. The van der Waals surface area contributed by atoms with Crippen LogP contribution in [-0.4, -0.2) is 0 Å². The van der Waals surface area contributed by atoms with Crippen molar-refractivity contribution in [2.75, 3.05) is 11.1 Å². The van der Waals surface area contributed by atoms with Gasteiger partial charge in [-0.1, -0.05) is 35.9 Å². The molecule has 0 spiro atoms. The lowest BCUT2D eigenvalue weighted by Crippen LogP contribution is -2.12. The van der Waals surface area contributed by atoms with Crippen LogP contribution in [0.5, 0.6) is 0 Å². The summed E-state index contributed by atoms with van der Waals surface area (Å²) in [5.74, 6) is 0. The fourth-order valence-corrected chi connectivity index (χ4v) is 2.01. The maximum atomic E-state index is 12.8. The smallest absolute Gasteiger partial charge is 0.396 e. The minimum absolute atomic E-state index is 0.0141. The number of alkyl halides is 3. The summed E-state index contributed by atoms with van der Waals surface area (Å²) in [7, 11) is 0. The number of halogens is 4. The van der Waals surface area contributed by atoms with Crippen molar-refractivity contribution in [1.82, 2.24) is 0 Å². The number of anilines is 2. The monoisotopic (exact) mass is 300 g/mol. The molecule has 0 aliphatic heterocycles. The number of para-hydroxylation sites is 1. The van der Waals surface area contributed by atoms with Crippen molar-refractivity contribution >= 4 is 23.0 Å². The van der Waals surface area contributed by atoms with Crippen molar-refractivity contribution in [2.24, 2.45) is 0 Å². The molecule has 0 radical (unpaired) electrons. The molecule has 3 N–H and O–H groups in total. The molecule has 0 aliphatic rings. The van der Waals surface area contributed by atoms with E-state index in [4.69, 9.17) is 17.3 Å². The fraction of sp³-hybridized carbons (Fsp3) is 0.143. The van der Waals surface area contributed by atoms with E-state index < -0.39 is 11.7 Å². The fourth-order valence-electron chi connectivity index (χ4n) is 1.83. The van der Waals surface area contributed by atoms with Gasteiger partial charge in [0.2, 0.25) is 0 Å². The summed E-state index contributed by atoms with van der Waals surface area (Å²) in [6.45, 7) is 0.0141. The summed E-state index contributed by atoms with van der Waals surface area (Å²) in [5, 5.41) is 3.23. The Morgan fingerprint density at radius 1 is 1.05 bits per heavy atom. The predicted octanol–water partition coefficient (Wildman–Crippen LogP) is 4.55. The predicted molar refractivity (Wildman–Crippen MR) is 74.6 cm³/mol. The summed E-state index contributed by atoms with van der Waals surface area (Å²) in [4.78, 5) is 0. The first-order chi connectivity index (χ1) is 9.39. The molecule has 2 aromatic rings. The van der Waals surface area contributed by atoms with Crippen molar-refractivity contribution in [3.63, 3.8) is 0 Å². The molecule has 20 heavy (non-hydrogen) atoms. The highest BCUT2D eigenvalue weighted by molar-refractivity contribution is 6.33. The zero-order chi connectivity index (χ0) is 14.8. The molecule has 0 amide bonds. The molecule has 0 saturated carbocycles. The standard InChI is InChI=1S/C14H12ClF3N2/c15-11-6-3-7-12(13(11)19)20-8-9-4-1-2-5-10(9)14(16,17)18/h1-7,20H,8,19H2. The molecular weight excluding hydrogens is 289 g/mol. The molecule has 0 unspecified atom stereocenters. The van der Waals surface area contributed by atoms with Crippen LogP contribution in [0.15, 0.2) is 42.5 Å². The van der Waals surface area contributed by atoms with Crippen LogP contribution in [-0.2, 0) is 12.7 Å². The Balaban J connectivity index is 2.22. The topological polar surface area (TPSA) is 38.0 Å². The molecule has 2 nitrogen and oxygen atoms in total. The first kappa shape index (κ1) is 14.5. The third kappa shape index (κ3) is 3.17. The maximum absolute atomic E-state index is 12.8. The Hall–Kier alpha value is -1.88. The van der Waals surface area contributed by atoms with Gasteiger partial charge in [-0.05, 0) is 23.8 Å². The van der Waals surface area contributed by atoms with Gasteiger partial charge in [0, 0.05) is 6.54 Å². The first-order valence-electron chi connectivity index (χ1n) is 5.82. The SMILES string of the molecule is Nc1c(Cl)cccc1NCc1ccccc1C(F)(F)F. The number of hydrogen-bond donors (Lipinski definition) is 2. The molecule has 6 heteroatoms. The summed E-state index contributed by atoms with van der Waals surface area (Å²) < 4.78 is 38.5. The Morgan fingerprint density at radius 2 is 1.75 bits per heavy atom. The summed E-state index contributed by atoms with van der Waals surface area (Å²) >= 11 is 5.85. The Labute approximate surface area is 119 Å². The molecule has 2 aromatic carbocycles. The van der Waals surface area contributed by atoms with Crippen LogP contribution < -0.4 is 11.1 Å². The van der Waals surface area contributed by atoms with Crippen LogP contribution >= 0.6 is 11.6 Å². The average Bonchev–Trinajstić information content (AvgIpc) is 2.40. The van der Waals surface area contributed by atoms with E-state index >= 15 is 0 Å². The number of benzene rings is 2. The maximum Gasteiger partial charge on any atom is 0.416 e. The number of hydrogen-bond acceptors (Lipinski definition) is 2. The summed E-state index contributed by atoms with van der Waals surface area (Å²) in [6, 6.07) is 10.4. The minimum Gasteiger partial charge on any atom is -0.396 e. The van der Waals surface area contributed by atoms with E-state index in [-0.39, 0.29) is 12.1 Å². The molecule has 106 valence electrons. The zero-order valence-corrected chi connectivity index (χ0v) is 11.1. The Morgan fingerprint density at radius 3 is 2.45 bits per heavy atom. The average molecular weight is 301 g/mol. The highest BCUT2D eigenvalue weighted by Gasteiger charge is 2.32. The van der Waals surface area contributed by atoms with Gasteiger partial charge in [-0.25, -0.2) is 0 Å². The van der Waals surface area contributed by atoms with Crippen LogP contribution in [0.4, 0.5) is 24.5 Å². The summed E-state index contributed by atoms with van der Waals surface area (Å²) in [5.41, 5.74) is 6.07. The molecule has 0 aliphatic carbocycles. The van der Waals surface area contributed by atoms with Gasteiger partial charge in [0.25, 0.3) is 0 Å². The molecule has 2 rings (SSSR count). The van der Waals surface area contributed by atoms with Gasteiger partial charge in [-0.2, -0.15) is 13.2 Å². The molecular formula is C14H12ClF3N2. The van der Waals surface area contributed by atoms with E-state index in [0.717, 1.165) is 6.07 Å². The van der Waals surface area contributed by atoms with Crippen LogP contribution in [0.2, 0.25) is 5.02 Å². The van der Waals surface area contributed by atoms with E-state index in [1.165, 1.54) is 12.1 Å². The second-order valence-electron chi connectivity index (χ2n) is 4.21. The molecule has 0 saturated heterocycles. The second kappa shape index (κ2) is 5.63. The first-order valence-corrected chi connectivity index (χ1v) is 6.20. The third-order valence-corrected chi connectivity index (χ3v) is 3.17. The second-order valence-corrected chi connectivity index (χ2v) is 4.62. The van der Waals surface area contributed by atoms with E-state index in [1.54, 1.807) is 24.3 Å². The summed E-state index contributed by atoms with van der Waals surface area (Å²) in [6.07, 6.45) is -4.38. The zero-order valence-electron chi connectivity index (χ0n) is 10.3. The number of rotatable bonds is 3. The van der Waals surface area contributed by atoms with E-state index in [0.29, 0.717) is 16.4 Å². The molecule has 0 aromatic heterocycles. The van der Waals surface area contributed by atoms with Gasteiger partial charge in [0.1, 0.15) is 0 Å². The number of nitrogens with two attached hydrogens (primary N) is 1. The van der Waals surface area contributed by atoms with Gasteiger partial charge in [-0.3, -0.25) is 0 Å². The number of nitrogen functional groups attached to an aromatic ring is 1. The van der Waals surface area contributed by atoms with Crippen molar-refractivity contribution in [2.45, 2.75) is 12.7 Å². The lowest BCUT2D eigenvalue weighted by molar-refractivity contribution is -0.138. The van der Waals surface area contributed by atoms with Crippen molar-refractivity contribution in [3.05, 3.63) is 58.6 Å². The normalized spacial score (nSPS) is 11.4. The highest BCUT2D eigenvalue weighted by Crippen LogP contribution is 2.33. The van der Waals surface area contributed by atoms with E-state index in [9.17, 15) is 13.2 Å².